The summed E-state index contributed by atoms with van der Waals surface area (Å²) in [5, 5.41) is 2.85. The van der Waals surface area contributed by atoms with Crippen molar-refractivity contribution in [3.05, 3.63) is 84.2 Å². The average molecular weight is 444 g/mol. The molecule has 0 saturated heterocycles. The predicted molar refractivity (Wildman–Crippen MR) is 125 cm³/mol. The van der Waals surface area contributed by atoms with E-state index in [0.29, 0.717) is 34.7 Å². The quantitative estimate of drug-likeness (QED) is 0.442. The second-order valence-electron chi connectivity index (χ2n) is 7.59. The van der Waals surface area contributed by atoms with Crippen molar-refractivity contribution in [2.45, 2.75) is 33.8 Å². The summed E-state index contributed by atoms with van der Waals surface area (Å²) >= 11 is 0. The molecule has 0 aliphatic carbocycles. The van der Waals surface area contributed by atoms with Crippen LogP contribution in [-0.2, 0) is 4.79 Å². The van der Waals surface area contributed by atoms with Gasteiger partial charge >= 0.3 is 0 Å². The van der Waals surface area contributed by atoms with Crippen molar-refractivity contribution < 1.29 is 14.3 Å². The summed E-state index contributed by atoms with van der Waals surface area (Å²) in [7, 11) is 0. The smallest absolute Gasteiger partial charge is 0.265 e. The standard InChI is InChI=1S/C25H25N5O3/c1-16-17(2)30(15-26-16)23-14-24(28-19(4)27-23)33-22-12-10-20(11-13-22)29-25(31)18(3)32-21-8-6-5-7-9-21/h5-15,18H,1-4H3,(H,29,31). The second-order valence-corrected chi connectivity index (χ2v) is 7.59. The van der Waals surface area contributed by atoms with Crippen LogP contribution in [0, 0.1) is 20.8 Å². The van der Waals surface area contributed by atoms with E-state index in [0.717, 1.165) is 11.4 Å². The number of hydrogen-bond acceptors (Lipinski definition) is 6. The Labute approximate surface area is 192 Å². The first-order chi connectivity index (χ1) is 15.9. The van der Waals surface area contributed by atoms with E-state index in [1.807, 2.05) is 55.7 Å². The Balaban J connectivity index is 1.41. The van der Waals surface area contributed by atoms with Crippen LogP contribution in [-0.4, -0.2) is 31.5 Å². The van der Waals surface area contributed by atoms with E-state index in [9.17, 15) is 4.79 Å². The fourth-order valence-corrected chi connectivity index (χ4v) is 3.16. The van der Waals surface area contributed by atoms with E-state index < -0.39 is 6.10 Å². The minimum atomic E-state index is -0.638. The summed E-state index contributed by atoms with van der Waals surface area (Å²) in [5.74, 6) is 2.68. The lowest BCUT2D eigenvalue weighted by Crippen LogP contribution is -2.30. The minimum absolute atomic E-state index is 0.241. The number of amides is 1. The summed E-state index contributed by atoms with van der Waals surface area (Å²) in [4.78, 5) is 25.6. The largest absolute Gasteiger partial charge is 0.481 e. The molecule has 1 atom stereocenters. The number of nitrogens with zero attached hydrogens (tertiary/aromatic N) is 4. The highest BCUT2D eigenvalue weighted by atomic mass is 16.5. The van der Waals surface area contributed by atoms with Gasteiger partial charge in [0.1, 0.15) is 29.5 Å². The molecule has 1 amide bonds. The number of benzene rings is 2. The minimum Gasteiger partial charge on any atom is -0.481 e. The number of aryl methyl sites for hydroxylation is 2. The van der Waals surface area contributed by atoms with E-state index in [-0.39, 0.29) is 5.91 Å². The van der Waals surface area contributed by atoms with Crippen molar-refractivity contribution in [2.75, 3.05) is 5.32 Å². The van der Waals surface area contributed by atoms with Gasteiger partial charge in [-0.1, -0.05) is 18.2 Å². The maximum Gasteiger partial charge on any atom is 0.265 e. The molecular formula is C25H25N5O3. The molecule has 0 radical (unpaired) electrons. The Kier molecular flexibility index (Phi) is 6.35. The number of para-hydroxylation sites is 1. The van der Waals surface area contributed by atoms with Crippen molar-refractivity contribution in [3.8, 4) is 23.2 Å². The number of aromatic nitrogens is 4. The lowest BCUT2D eigenvalue weighted by Gasteiger charge is -2.15. The molecule has 0 fully saturated rings. The van der Waals surface area contributed by atoms with Gasteiger partial charge in [-0.2, -0.15) is 4.98 Å². The zero-order valence-corrected chi connectivity index (χ0v) is 18.9. The number of carbonyl (C=O) groups excluding carboxylic acids is 1. The van der Waals surface area contributed by atoms with Gasteiger partial charge in [0.05, 0.1) is 5.69 Å². The normalized spacial score (nSPS) is 11.6. The molecule has 33 heavy (non-hydrogen) atoms. The third kappa shape index (κ3) is 5.35. The Morgan fingerprint density at radius 1 is 0.970 bits per heavy atom. The molecule has 0 bridgehead atoms. The van der Waals surface area contributed by atoms with Crippen LogP contribution in [0.2, 0.25) is 0 Å². The first-order valence-corrected chi connectivity index (χ1v) is 10.6. The van der Waals surface area contributed by atoms with Crippen LogP contribution in [0.15, 0.2) is 67.0 Å². The summed E-state index contributed by atoms with van der Waals surface area (Å²) in [6.45, 7) is 7.45. The fraction of sp³-hybridized carbons (Fsp3) is 0.200. The van der Waals surface area contributed by atoms with Gasteiger partial charge in [0, 0.05) is 17.4 Å². The fourth-order valence-electron chi connectivity index (χ4n) is 3.16. The molecule has 0 aliphatic rings. The van der Waals surface area contributed by atoms with Crippen molar-refractivity contribution in [2.24, 2.45) is 0 Å². The van der Waals surface area contributed by atoms with Crippen LogP contribution >= 0.6 is 0 Å². The Bertz CT molecular complexity index is 1250. The molecule has 168 valence electrons. The van der Waals surface area contributed by atoms with Crippen LogP contribution < -0.4 is 14.8 Å². The molecule has 4 aromatic rings. The number of hydrogen-bond donors (Lipinski definition) is 1. The summed E-state index contributed by atoms with van der Waals surface area (Å²) < 4.78 is 13.5. The van der Waals surface area contributed by atoms with Gasteiger partial charge in [-0.25, -0.2) is 9.97 Å². The number of ether oxygens (including phenoxy) is 2. The molecule has 2 aromatic heterocycles. The van der Waals surface area contributed by atoms with Gasteiger partial charge in [-0.3, -0.25) is 9.36 Å². The van der Waals surface area contributed by atoms with E-state index in [1.54, 1.807) is 43.6 Å². The number of carbonyl (C=O) groups is 1. The van der Waals surface area contributed by atoms with Gasteiger partial charge in [0.15, 0.2) is 6.10 Å². The molecular weight excluding hydrogens is 418 g/mol. The van der Waals surface area contributed by atoms with E-state index in [4.69, 9.17) is 9.47 Å². The van der Waals surface area contributed by atoms with Crippen LogP contribution in [0.4, 0.5) is 5.69 Å². The Morgan fingerprint density at radius 2 is 1.70 bits per heavy atom. The molecule has 8 heteroatoms. The lowest BCUT2D eigenvalue weighted by molar-refractivity contribution is -0.122. The van der Waals surface area contributed by atoms with E-state index >= 15 is 0 Å². The van der Waals surface area contributed by atoms with Gasteiger partial charge < -0.3 is 14.8 Å². The number of rotatable bonds is 7. The predicted octanol–water partition coefficient (Wildman–Crippen LogP) is 4.79. The van der Waals surface area contributed by atoms with Crippen LogP contribution in [0.5, 0.6) is 17.4 Å². The first-order valence-electron chi connectivity index (χ1n) is 10.6. The summed E-state index contributed by atoms with van der Waals surface area (Å²) in [6.07, 6.45) is 1.09. The van der Waals surface area contributed by atoms with Crippen molar-refractivity contribution in [3.63, 3.8) is 0 Å². The van der Waals surface area contributed by atoms with E-state index in [2.05, 4.69) is 20.3 Å². The zero-order valence-electron chi connectivity index (χ0n) is 18.9. The SMILES string of the molecule is Cc1nc(Oc2ccc(NC(=O)C(C)Oc3ccccc3)cc2)cc(-n2cnc(C)c2C)n1. The van der Waals surface area contributed by atoms with Gasteiger partial charge in [-0.05, 0) is 64.1 Å². The molecule has 8 nitrogen and oxygen atoms in total. The first kappa shape index (κ1) is 22.0. The average Bonchev–Trinajstić information content (AvgIpc) is 3.13. The van der Waals surface area contributed by atoms with Crippen LogP contribution in [0.3, 0.4) is 0 Å². The van der Waals surface area contributed by atoms with Crippen LogP contribution in [0.25, 0.3) is 5.82 Å². The maximum absolute atomic E-state index is 12.4. The molecule has 2 heterocycles. The zero-order chi connectivity index (χ0) is 23.4. The molecule has 0 aliphatic heterocycles. The third-order valence-electron chi connectivity index (χ3n) is 5.07. The molecule has 2 aromatic carbocycles. The third-order valence-corrected chi connectivity index (χ3v) is 5.07. The number of imidazole rings is 1. The molecule has 1 N–H and O–H groups in total. The van der Waals surface area contributed by atoms with Gasteiger partial charge in [0.2, 0.25) is 5.88 Å². The van der Waals surface area contributed by atoms with E-state index in [1.165, 1.54) is 0 Å². The molecule has 1 unspecified atom stereocenters. The van der Waals surface area contributed by atoms with Gasteiger partial charge in [0.25, 0.3) is 5.91 Å². The molecule has 4 rings (SSSR count). The monoisotopic (exact) mass is 443 g/mol. The number of anilines is 1. The van der Waals surface area contributed by atoms with Crippen LogP contribution in [0.1, 0.15) is 24.1 Å². The topological polar surface area (TPSA) is 91.2 Å². The Hall–Kier alpha value is -4.20. The molecule has 0 spiro atoms. The number of nitrogens with one attached hydrogen (secondary N) is 1. The summed E-state index contributed by atoms with van der Waals surface area (Å²) in [5.41, 5.74) is 2.58. The lowest BCUT2D eigenvalue weighted by atomic mass is 10.2. The Morgan fingerprint density at radius 3 is 2.36 bits per heavy atom. The van der Waals surface area contributed by atoms with Crippen molar-refractivity contribution in [1.29, 1.82) is 0 Å². The van der Waals surface area contributed by atoms with Gasteiger partial charge in [-0.15, -0.1) is 0 Å². The molecule has 0 saturated carbocycles. The summed E-state index contributed by atoms with van der Waals surface area (Å²) in [6, 6.07) is 18.1. The maximum atomic E-state index is 12.4. The highest BCUT2D eigenvalue weighted by Gasteiger charge is 2.15. The second kappa shape index (κ2) is 9.52. The van der Waals surface area contributed by atoms with Crippen molar-refractivity contribution >= 4 is 11.6 Å². The highest BCUT2D eigenvalue weighted by molar-refractivity contribution is 5.94. The van der Waals surface area contributed by atoms with Crippen molar-refractivity contribution in [1.82, 2.24) is 19.5 Å². The highest BCUT2D eigenvalue weighted by Crippen LogP contribution is 2.24.